The first-order chi connectivity index (χ1) is 14.4. The van der Waals surface area contributed by atoms with Gasteiger partial charge < -0.3 is 14.5 Å². The number of Topliss-reactive ketones (excluding diaryl/α,β-unsaturated/α-hetero) is 1. The van der Waals surface area contributed by atoms with Gasteiger partial charge in [0.15, 0.2) is 6.61 Å². The second-order valence-corrected chi connectivity index (χ2v) is 8.32. The van der Waals surface area contributed by atoms with Crippen molar-refractivity contribution in [2.45, 2.75) is 20.8 Å². The molecule has 0 unspecified atom stereocenters. The van der Waals surface area contributed by atoms with Crippen LogP contribution in [0.15, 0.2) is 35.0 Å². The minimum Gasteiger partial charge on any atom is -0.462 e. The van der Waals surface area contributed by atoms with E-state index in [4.69, 9.17) is 9.47 Å². The summed E-state index contributed by atoms with van der Waals surface area (Å²) in [5, 5.41) is 3.79. The summed E-state index contributed by atoms with van der Waals surface area (Å²) in [5.41, 5.74) is 2.00. The third-order valence-electron chi connectivity index (χ3n) is 4.37. The van der Waals surface area contributed by atoms with Crippen LogP contribution >= 0.6 is 22.7 Å². The van der Waals surface area contributed by atoms with Crippen molar-refractivity contribution in [1.29, 1.82) is 0 Å². The van der Waals surface area contributed by atoms with Crippen molar-refractivity contribution in [1.82, 2.24) is 4.98 Å². The Balaban J connectivity index is 1.76. The fraction of sp³-hybridized carbons (Fsp3) is 0.227. The minimum atomic E-state index is -0.578. The fourth-order valence-corrected chi connectivity index (χ4v) is 4.38. The molecule has 156 valence electrons. The van der Waals surface area contributed by atoms with Crippen molar-refractivity contribution in [2.24, 2.45) is 0 Å². The van der Waals surface area contributed by atoms with Gasteiger partial charge in [-0.05, 0) is 55.3 Å². The molecule has 0 saturated carbocycles. The van der Waals surface area contributed by atoms with Crippen LogP contribution in [0.5, 0.6) is 0 Å². The van der Waals surface area contributed by atoms with Gasteiger partial charge in [0.05, 0.1) is 23.4 Å². The van der Waals surface area contributed by atoms with Gasteiger partial charge in [-0.2, -0.15) is 0 Å². The maximum atomic E-state index is 12.7. The lowest BCUT2D eigenvalue weighted by atomic mass is 10.1. The van der Waals surface area contributed by atoms with E-state index in [-0.39, 0.29) is 12.3 Å². The van der Waals surface area contributed by atoms with Gasteiger partial charge in [-0.25, -0.2) is 9.59 Å². The highest BCUT2D eigenvalue weighted by Crippen LogP contribution is 2.26. The maximum absolute atomic E-state index is 12.7. The van der Waals surface area contributed by atoms with Gasteiger partial charge in [0.25, 0.3) is 0 Å². The Hall–Kier alpha value is -2.97. The molecule has 3 heterocycles. The average Bonchev–Trinajstić information content (AvgIpc) is 3.46. The first-order valence-electron chi connectivity index (χ1n) is 9.28. The van der Waals surface area contributed by atoms with E-state index in [1.807, 2.05) is 35.0 Å². The average molecular weight is 444 g/mol. The Morgan fingerprint density at radius 1 is 1.07 bits per heavy atom. The summed E-state index contributed by atoms with van der Waals surface area (Å²) in [6.45, 7) is 4.88. The molecule has 6 nitrogen and oxygen atoms in total. The normalized spacial score (nSPS) is 11.4. The number of nitrogens with one attached hydrogen (secondary N) is 1. The SMILES string of the molecule is CCOC(=O)c1c(C)[nH]c(C(=O)COC(=O)C(=Cc2cccs2)c2cccs2)c1C. The zero-order chi connectivity index (χ0) is 21.7. The number of aromatic amines is 1. The molecule has 0 aliphatic rings. The molecule has 1 N–H and O–H groups in total. The minimum absolute atomic E-state index is 0.239. The largest absolute Gasteiger partial charge is 0.462 e. The number of carbonyl (C=O) groups is 3. The number of thiophene rings is 2. The van der Waals surface area contributed by atoms with Crippen LogP contribution in [0.2, 0.25) is 0 Å². The smallest absolute Gasteiger partial charge is 0.340 e. The summed E-state index contributed by atoms with van der Waals surface area (Å²) in [4.78, 5) is 42.1. The van der Waals surface area contributed by atoms with Crippen LogP contribution in [0.1, 0.15) is 48.8 Å². The van der Waals surface area contributed by atoms with E-state index in [1.165, 1.54) is 22.7 Å². The standard InChI is InChI=1S/C22H21NO5S2/c1-4-27-22(26)19-13(2)20(23-14(19)3)17(24)12-28-21(25)16(18-8-6-10-30-18)11-15-7-5-9-29-15/h5-11,23H,4,12H2,1-3H3. The summed E-state index contributed by atoms with van der Waals surface area (Å²) >= 11 is 2.93. The van der Waals surface area contributed by atoms with Gasteiger partial charge in [0.1, 0.15) is 0 Å². The Labute approximate surface area is 182 Å². The van der Waals surface area contributed by atoms with Gasteiger partial charge in [0, 0.05) is 15.4 Å². The molecule has 0 radical (unpaired) electrons. The van der Waals surface area contributed by atoms with Crippen LogP contribution in [-0.2, 0) is 14.3 Å². The van der Waals surface area contributed by atoms with Crippen LogP contribution in [-0.4, -0.2) is 35.9 Å². The highest BCUT2D eigenvalue weighted by Gasteiger charge is 2.24. The predicted octanol–water partition coefficient (Wildman–Crippen LogP) is 4.90. The number of esters is 2. The molecular weight excluding hydrogens is 422 g/mol. The third-order valence-corrected chi connectivity index (χ3v) is 6.09. The molecule has 0 fully saturated rings. The van der Waals surface area contributed by atoms with E-state index in [0.29, 0.717) is 22.4 Å². The molecule has 0 aliphatic heterocycles. The topological polar surface area (TPSA) is 85.5 Å². The molecule has 0 saturated heterocycles. The molecule has 0 aromatic carbocycles. The van der Waals surface area contributed by atoms with Crippen molar-refractivity contribution in [3.63, 3.8) is 0 Å². The number of rotatable bonds is 8. The quantitative estimate of drug-likeness (QED) is 0.304. The van der Waals surface area contributed by atoms with E-state index < -0.39 is 24.3 Å². The van der Waals surface area contributed by atoms with Crippen LogP contribution in [0, 0.1) is 13.8 Å². The lowest BCUT2D eigenvalue weighted by molar-refractivity contribution is -0.135. The highest BCUT2D eigenvalue weighted by atomic mass is 32.1. The molecule has 30 heavy (non-hydrogen) atoms. The summed E-state index contributed by atoms with van der Waals surface area (Å²) in [5.74, 6) is -1.48. The maximum Gasteiger partial charge on any atom is 0.340 e. The highest BCUT2D eigenvalue weighted by molar-refractivity contribution is 7.12. The van der Waals surface area contributed by atoms with E-state index in [1.54, 1.807) is 26.8 Å². The molecule has 0 spiro atoms. The van der Waals surface area contributed by atoms with Crippen molar-refractivity contribution >= 4 is 52.0 Å². The number of aromatic nitrogens is 1. The molecular formula is C22H21NO5S2. The van der Waals surface area contributed by atoms with Crippen molar-refractivity contribution in [2.75, 3.05) is 13.2 Å². The number of ether oxygens (including phenoxy) is 2. The zero-order valence-corrected chi connectivity index (χ0v) is 18.4. The Bertz CT molecular complexity index is 1080. The van der Waals surface area contributed by atoms with Crippen LogP contribution in [0.25, 0.3) is 11.6 Å². The summed E-state index contributed by atoms with van der Waals surface area (Å²) in [6, 6.07) is 7.48. The molecule has 3 rings (SSSR count). The van der Waals surface area contributed by atoms with E-state index in [2.05, 4.69) is 4.98 Å². The molecule has 0 aliphatic carbocycles. The van der Waals surface area contributed by atoms with Crippen LogP contribution < -0.4 is 0 Å². The summed E-state index contributed by atoms with van der Waals surface area (Å²) in [7, 11) is 0. The monoisotopic (exact) mass is 443 g/mol. The fourth-order valence-electron chi connectivity index (χ4n) is 3.00. The number of aryl methyl sites for hydroxylation is 1. The molecule has 8 heteroatoms. The Kier molecular flexibility index (Phi) is 7.02. The molecule has 0 amide bonds. The van der Waals surface area contributed by atoms with Gasteiger partial charge in [-0.15, -0.1) is 22.7 Å². The van der Waals surface area contributed by atoms with Gasteiger partial charge in [-0.1, -0.05) is 12.1 Å². The van der Waals surface area contributed by atoms with Gasteiger partial charge in [0.2, 0.25) is 5.78 Å². The number of ketones is 1. The molecule has 0 bridgehead atoms. The lowest BCUT2D eigenvalue weighted by Crippen LogP contribution is -2.16. The number of hydrogen-bond acceptors (Lipinski definition) is 7. The van der Waals surface area contributed by atoms with Crippen molar-refractivity contribution in [3.8, 4) is 0 Å². The lowest BCUT2D eigenvalue weighted by Gasteiger charge is -2.07. The number of carbonyl (C=O) groups excluding carboxylic acids is 3. The Morgan fingerprint density at radius 3 is 2.43 bits per heavy atom. The van der Waals surface area contributed by atoms with Crippen LogP contribution in [0.3, 0.4) is 0 Å². The zero-order valence-electron chi connectivity index (χ0n) is 16.8. The third kappa shape index (κ3) is 4.77. The van der Waals surface area contributed by atoms with Crippen molar-refractivity contribution in [3.05, 3.63) is 67.3 Å². The van der Waals surface area contributed by atoms with Crippen LogP contribution in [0.4, 0.5) is 0 Å². The first-order valence-corrected chi connectivity index (χ1v) is 11.0. The number of hydrogen-bond donors (Lipinski definition) is 1. The summed E-state index contributed by atoms with van der Waals surface area (Å²) < 4.78 is 10.4. The number of H-pyrrole nitrogens is 1. The molecule has 0 atom stereocenters. The first kappa shape index (κ1) is 21.7. The second kappa shape index (κ2) is 9.69. The second-order valence-electron chi connectivity index (χ2n) is 6.40. The molecule has 3 aromatic rings. The predicted molar refractivity (Wildman–Crippen MR) is 118 cm³/mol. The van der Waals surface area contributed by atoms with E-state index in [9.17, 15) is 14.4 Å². The van der Waals surface area contributed by atoms with Gasteiger partial charge >= 0.3 is 11.9 Å². The van der Waals surface area contributed by atoms with E-state index in [0.717, 1.165) is 9.75 Å². The molecule has 3 aromatic heterocycles. The van der Waals surface area contributed by atoms with Crippen molar-refractivity contribution < 1.29 is 23.9 Å². The Morgan fingerprint density at radius 2 is 1.80 bits per heavy atom. The van der Waals surface area contributed by atoms with Gasteiger partial charge in [-0.3, -0.25) is 4.79 Å². The summed E-state index contributed by atoms with van der Waals surface area (Å²) in [6.07, 6.45) is 1.76. The van der Waals surface area contributed by atoms with E-state index >= 15 is 0 Å².